The number of nitrogens with zero attached hydrogens (tertiary/aromatic N) is 2. The van der Waals surface area contributed by atoms with E-state index < -0.39 is 23.4 Å². The van der Waals surface area contributed by atoms with Crippen molar-refractivity contribution in [3.05, 3.63) is 81.5 Å². The molecule has 0 atom stereocenters. The molecule has 2 aromatic carbocycles. The number of aromatic nitrogens is 1. The van der Waals surface area contributed by atoms with Crippen LogP contribution in [-0.2, 0) is 14.3 Å². The normalized spacial score (nSPS) is 10.9. The van der Waals surface area contributed by atoms with Crippen LogP contribution in [0, 0.1) is 24.0 Å². The Hall–Kier alpha value is -4.07. The fourth-order valence-corrected chi connectivity index (χ4v) is 2.80. The number of pyridine rings is 1. The highest BCUT2D eigenvalue weighted by Crippen LogP contribution is 2.30. The van der Waals surface area contributed by atoms with Gasteiger partial charge in [-0.3, -0.25) is 14.9 Å². The van der Waals surface area contributed by atoms with Crippen LogP contribution in [0.15, 0.2) is 54.6 Å². The molecule has 0 bridgehead atoms. The van der Waals surface area contributed by atoms with Crippen LogP contribution in [0.25, 0.3) is 17.0 Å². The summed E-state index contributed by atoms with van der Waals surface area (Å²) >= 11 is 0. The minimum absolute atomic E-state index is 0.0944. The van der Waals surface area contributed by atoms with Crippen LogP contribution in [0.4, 0.5) is 11.4 Å². The maximum atomic E-state index is 12.1. The number of ether oxygens (including phenoxy) is 1. The van der Waals surface area contributed by atoms with Gasteiger partial charge in [0.15, 0.2) is 6.61 Å². The van der Waals surface area contributed by atoms with Gasteiger partial charge in [-0.05, 0) is 43.2 Å². The van der Waals surface area contributed by atoms with Crippen molar-refractivity contribution in [2.24, 2.45) is 0 Å². The highest BCUT2D eigenvalue weighted by Gasteiger charge is 2.19. The van der Waals surface area contributed by atoms with E-state index in [1.807, 2.05) is 30.3 Å². The summed E-state index contributed by atoms with van der Waals surface area (Å²) in [6.07, 6.45) is 2.66. The highest BCUT2D eigenvalue weighted by atomic mass is 16.6. The average Bonchev–Trinajstić information content (AvgIpc) is 2.73. The molecule has 0 saturated carbocycles. The number of hydrogen-bond acceptors (Lipinski definition) is 6. The molecule has 3 aromatic rings. The number of amides is 1. The lowest BCUT2D eigenvalue weighted by molar-refractivity contribution is -0.384. The number of rotatable bonds is 6. The summed E-state index contributed by atoms with van der Waals surface area (Å²) in [7, 11) is 0. The minimum atomic E-state index is -0.726. The molecular weight excluding hydrogens is 386 g/mol. The third-order valence-corrected chi connectivity index (χ3v) is 4.53. The van der Waals surface area contributed by atoms with Gasteiger partial charge in [-0.25, -0.2) is 9.78 Å². The van der Waals surface area contributed by atoms with Gasteiger partial charge in [-0.2, -0.15) is 0 Å². The third kappa shape index (κ3) is 4.85. The lowest BCUT2D eigenvalue weighted by Crippen LogP contribution is -2.21. The molecule has 0 aliphatic carbocycles. The Morgan fingerprint density at radius 2 is 1.90 bits per heavy atom. The molecule has 30 heavy (non-hydrogen) atoms. The Bertz CT molecular complexity index is 1170. The first-order valence-corrected chi connectivity index (χ1v) is 9.10. The second-order valence-corrected chi connectivity index (χ2v) is 6.58. The number of nitro groups is 1. The van der Waals surface area contributed by atoms with Crippen LogP contribution >= 0.6 is 0 Å². The van der Waals surface area contributed by atoms with Crippen LogP contribution in [0.2, 0.25) is 0 Å². The van der Waals surface area contributed by atoms with Crippen molar-refractivity contribution in [3.63, 3.8) is 0 Å². The van der Waals surface area contributed by atoms with Crippen molar-refractivity contribution in [1.29, 1.82) is 0 Å². The molecule has 0 saturated heterocycles. The van der Waals surface area contributed by atoms with E-state index >= 15 is 0 Å². The third-order valence-electron chi connectivity index (χ3n) is 4.53. The van der Waals surface area contributed by atoms with Crippen molar-refractivity contribution in [1.82, 2.24) is 4.98 Å². The maximum Gasteiger partial charge on any atom is 0.331 e. The monoisotopic (exact) mass is 405 g/mol. The Morgan fingerprint density at radius 1 is 1.13 bits per heavy atom. The Labute approximate surface area is 172 Å². The number of carbonyl (C=O) groups is 2. The average molecular weight is 405 g/mol. The summed E-state index contributed by atoms with van der Waals surface area (Å²) in [5, 5.41) is 14.6. The maximum absolute atomic E-state index is 12.1. The molecule has 0 spiro atoms. The van der Waals surface area contributed by atoms with Gasteiger partial charge in [0.05, 0.1) is 16.1 Å². The van der Waals surface area contributed by atoms with Crippen molar-refractivity contribution < 1.29 is 19.2 Å². The second-order valence-electron chi connectivity index (χ2n) is 6.58. The quantitative estimate of drug-likeness (QED) is 0.288. The van der Waals surface area contributed by atoms with Crippen molar-refractivity contribution in [2.75, 3.05) is 11.9 Å². The zero-order chi connectivity index (χ0) is 21.7. The van der Waals surface area contributed by atoms with Crippen molar-refractivity contribution in [2.45, 2.75) is 13.8 Å². The molecule has 0 fully saturated rings. The fourth-order valence-electron chi connectivity index (χ4n) is 2.80. The second kappa shape index (κ2) is 8.95. The molecule has 8 nitrogen and oxygen atoms in total. The Balaban J connectivity index is 1.61. The number of nitro benzene ring substituents is 1. The van der Waals surface area contributed by atoms with E-state index in [4.69, 9.17) is 4.74 Å². The van der Waals surface area contributed by atoms with Gasteiger partial charge in [0.25, 0.3) is 11.6 Å². The first-order chi connectivity index (χ1) is 14.3. The fraction of sp³-hybridized carbons (Fsp3) is 0.136. The first-order valence-electron chi connectivity index (χ1n) is 9.10. The Kier molecular flexibility index (Phi) is 6.17. The SMILES string of the molecule is Cc1ccc([N+](=O)[O-])c(NC(=O)COC(=O)C=Cc2ccc3ccccc3n2)c1C. The van der Waals surface area contributed by atoms with Gasteiger partial charge in [-0.1, -0.05) is 30.3 Å². The predicted molar refractivity (Wildman–Crippen MR) is 113 cm³/mol. The van der Waals surface area contributed by atoms with E-state index in [1.165, 1.54) is 18.2 Å². The first kappa shape index (κ1) is 20.7. The zero-order valence-corrected chi connectivity index (χ0v) is 16.4. The molecule has 3 rings (SSSR count). The molecule has 1 amide bonds. The van der Waals surface area contributed by atoms with Gasteiger partial charge >= 0.3 is 5.97 Å². The molecule has 0 aliphatic heterocycles. The molecule has 8 heteroatoms. The van der Waals surface area contributed by atoms with E-state index in [1.54, 1.807) is 26.0 Å². The van der Waals surface area contributed by atoms with Crippen LogP contribution in [-0.4, -0.2) is 28.4 Å². The summed E-state index contributed by atoms with van der Waals surface area (Å²) in [4.78, 5) is 39.1. The van der Waals surface area contributed by atoms with Crippen LogP contribution in [0.3, 0.4) is 0 Å². The Morgan fingerprint density at radius 3 is 2.67 bits per heavy atom. The van der Waals surface area contributed by atoms with Crippen molar-refractivity contribution >= 4 is 40.2 Å². The number of esters is 1. The summed E-state index contributed by atoms with van der Waals surface area (Å²) < 4.78 is 4.92. The molecule has 0 unspecified atom stereocenters. The number of hydrogen-bond donors (Lipinski definition) is 1. The number of para-hydroxylation sites is 1. The summed E-state index contributed by atoms with van der Waals surface area (Å²) in [6, 6.07) is 14.2. The van der Waals surface area contributed by atoms with E-state index in [2.05, 4.69) is 10.3 Å². The van der Waals surface area contributed by atoms with Gasteiger partial charge in [-0.15, -0.1) is 0 Å². The van der Waals surface area contributed by atoms with E-state index in [9.17, 15) is 19.7 Å². The van der Waals surface area contributed by atoms with Crippen LogP contribution in [0.1, 0.15) is 16.8 Å². The smallest absolute Gasteiger partial charge is 0.331 e. The minimum Gasteiger partial charge on any atom is -0.452 e. The predicted octanol–water partition coefficient (Wildman–Crippen LogP) is 3.95. The molecule has 1 aromatic heterocycles. The number of nitrogens with one attached hydrogen (secondary N) is 1. The van der Waals surface area contributed by atoms with Gasteiger partial charge in [0.1, 0.15) is 5.69 Å². The van der Waals surface area contributed by atoms with Gasteiger partial charge in [0, 0.05) is 17.5 Å². The van der Waals surface area contributed by atoms with Crippen molar-refractivity contribution in [3.8, 4) is 0 Å². The van der Waals surface area contributed by atoms with Gasteiger partial charge < -0.3 is 10.1 Å². The lowest BCUT2D eigenvalue weighted by atomic mass is 10.1. The number of benzene rings is 2. The number of aryl methyl sites for hydroxylation is 1. The number of carbonyl (C=O) groups excluding carboxylic acids is 2. The summed E-state index contributed by atoms with van der Waals surface area (Å²) in [6.45, 7) is 2.88. The molecule has 0 aliphatic rings. The zero-order valence-electron chi connectivity index (χ0n) is 16.4. The molecule has 152 valence electrons. The summed E-state index contributed by atoms with van der Waals surface area (Å²) in [5.74, 6) is -1.40. The number of fused-ring (bicyclic) bond motifs is 1. The molecule has 1 N–H and O–H groups in total. The highest BCUT2D eigenvalue weighted by molar-refractivity contribution is 5.97. The topological polar surface area (TPSA) is 111 Å². The van der Waals surface area contributed by atoms with E-state index in [0.29, 0.717) is 11.3 Å². The molecule has 1 heterocycles. The number of anilines is 1. The standard InChI is InChI=1S/C22H19N3O5/c1-14-7-11-19(25(28)29)22(15(14)2)24-20(26)13-30-21(27)12-10-17-9-8-16-5-3-4-6-18(16)23-17/h3-12H,13H2,1-2H3,(H,24,26). The summed E-state index contributed by atoms with van der Waals surface area (Å²) in [5.41, 5.74) is 2.60. The molecule has 0 radical (unpaired) electrons. The lowest BCUT2D eigenvalue weighted by Gasteiger charge is -2.11. The van der Waals surface area contributed by atoms with Crippen LogP contribution in [0.5, 0.6) is 0 Å². The largest absolute Gasteiger partial charge is 0.452 e. The molecular formula is C22H19N3O5. The van der Waals surface area contributed by atoms with Crippen LogP contribution < -0.4 is 5.32 Å². The van der Waals surface area contributed by atoms with E-state index in [-0.39, 0.29) is 11.4 Å². The van der Waals surface area contributed by atoms with E-state index in [0.717, 1.165) is 16.5 Å². The van der Waals surface area contributed by atoms with Gasteiger partial charge in [0.2, 0.25) is 0 Å².